The molecule has 0 saturated heterocycles. The Kier molecular flexibility index (Phi) is 6.21. The van der Waals surface area contributed by atoms with Gasteiger partial charge in [-0.05, 0) is 37.0 Å². The number of carbonyl (C=O) groups is 2. The summed E-state index contributed by atoms with van der Waals surface area (Å²) in [6, 6.07) is 4.51. The highest BCUT2D eigenvalue weighted by molar-refractivity contribution is 7.99. The molecule has 1 aromatic carbocycles. The lowest BCUT2D eigenvalue weighted by Gasteiger charge is -2.08. The molecule has 1 aliphatic carbocycles. The first-order valence-corrected chi connectivity index (χ1v) is 10.4. The molecule has 0 bridgehead atoms. The predicted molar refractivity (Wildman–Crippen MR) is 104 cm³/mol. The number of hydrogen-bond donors (Lipinski definition) is 1. The molecule has 0 spiro atoms. The number of carbonyl (C=O) groups excluding carboxylic acids is 2. The van der Waals surface area contributed by atoms with E-state index in [2.05, 4.69) is 5.32 Å². The molecule has 0 fully saturated rings. The Morgan fingerprint density at radius 3 is 2.92 bits per heavy atom. The lowest BCUT2D eigenvalue weighted by Crippen LogP contribution is -2.16. The fourth-order valence-electron chi connectivity index (χ4n) is 2.89. The van der Waals surface area contributed by atoms with Gasteiger partial charge in [-0.25, -0.2) is 9.18 Å². The van der Waals surface area contributed by atoms with Crippen molar-refractivity contribution < 1.29 is 18.7 Å². The number of rotatable bonds is 6. The highest BCUT2D eigenvalue weighted by Gasteiger charge is 2.27. The zero-order chi connectivity index (χ0) is 18.7. The fourth-order valence-corrected chi connectivity index (χ4v) is 5.35. The number of amides is 1. The number of anilines is 1. The zero-order valence-electron chi connectivity index (χ0n) is 14.1. The number of aryl methyl sites for hydroxylation is 1. The summed E-state index contributed by atoms with van der Waals surface area (Å²) in [5.74, 6) is -0.622. The summed E-state index contributed by atoms with van der Waals surface area (Å²) in [6.07, 6.45) is 2.76. The first kappa shape index (κ1) is 19.2. The van der Waals surface area contributed by atoms with Gasteiger partial charge < -0.3 is 10.1 Å². The Bertz CT molecular complexity index is 833. The average Bonchev–Trinajstić information content (AvgIpc) is 3.17. The molecule has 0 saturated carbocycles. The largest absolute Gasteiger partial charge is 0.465 e. The van der Waals surface area contributed by atoms with Crippen LogP contribution in [0.4, 0.5) is 9.39 Å². The Balaban J connectivity index is 1.63. The SMILES string of the molecule is COC(=O)c1c(NC(=O)CSCc2c(F)cccc2Cl)sc2c1CCC2. The van der Waals surface area contributed by atoms with Crippen LogP contribution in [0.1, 0.15) is 32.8 Å². The Hall–Kier alpha value is -1.57. The van der Waals surface area contributed by atoms with Crippen molar-refractivity contribution in [2.45, 2.75) is 25.0 Å². The molecule has 2 aromatic rings. The second-order valence-corrected chi connectivity index (χ2v) is 8.29. The molecule has 138 valence electrons. The lowest BCUT2D eigenvalue weighted by atomic mass is 10.1. The van der Waals surface area contributed by atoms with Crippen molar-refractivity contribution >= 4 is 51.6 Å². The summed E-state index contributed by atoms with van der Waals surface area (Å²) in [4.78, 5) is 25.5. The maximum atomic E-state index is 13.7. The summed E-state index contributed by atoms with van der Waals surface area (Å²) in [6.45, 7) is 0. The first-order valence-electron chi connectivity index (χ1n) is 8.04. The van der Waals surface area contributed by atoms with Gasteiger partial charge >= 0.3 is 5.97 Å². The minimum Gasteiger partial charge on any atom is -0.465 e. The van der Waals surface area contributed by atoms with E-state index in [1.165, 1.54) is 36.3 Å². The van der Waals surface area contributed by atoms with Crippen LogP contribution in [0.2, 0.25) is 5.02 Å². The molecule has 0 atom stereocenters. The van der Waals surface area contributed by atoms with E-state index in [1.807, 2.05) is 0 Å². The number of methoxy groups -OCH3 is 1. The van der Waals surface area contributed by atoms with E-state index in [4.69, 9.17) is 16.3 Å². The summed E-state index contributed by atoms with van der Waals surface area (Å²) in [7, 11) is 1.33. The molecule has 26 heavy (non-hydrogen) atoms. The van der Waals surface area contributed by atoms with E-state index in [-0.39, 0.29) is 17.5 Å². The van der Waals surface area contributed by atoms with Gasteiger partial charge in [-0.15, -0.1) is 23.1 Å². The van der Waals surface area contributed by atoms with Crippen molar-refractivity contribution in [1.29, 1.82) is 0 Å². The van der Waals surface area contributed by atoms with Crippen LogP contribution >= 0.6 is 34.7 Å². The maximum Gasteiger partial charge on any atom is 0.341 e. The average molecular weight is 414 g/mol. The van der Waals surface area contributed by atoms with Crippen molar-refractivity contribution in [3.8, 4) is 0 Å². The minimum atomic E-state index is -0.425. The van der Waals surface area contributed by atoms with Crippen LogP contribution in [0.5, 0.6) is 0 Å². The Labute approximate surface area is 164 Å². The van der Waals surface area contributed by atoms with Crippen LogP contribution in [-0.2, 0) is 28.1 Å². The van der Waals surface area contributed by atoms with E-state index in [0.29, 0.717) is 26.9 Å². The van der Waals surface area contributed by atoms with Gasteiger partial charge in [0.1, 0.15) is 10.8 Å². The van der Waals surface area contributed by atoms with Crippen molar-refractivity contribution in [3.63, 3.8) is 0 Å². The molecule has 0 unspecified atom stereocenters. The van der Waals surface area contributed by atoms with Gasteiger partial charge in [0.2, 0.25) is 5.91 Å². The number of halogens is 2. The standard InChI is InChI=1S/C18H17ClFNO3S2/c1-24-18(23)16-10-4-2-7-14(10)26-17(16)21-15(22)9-25-8-11-12(19)5-3-6-13(11)20/h3,5-6H,2,4,7-9H2,1H3,(H,21,22). The number of ether oxygens (including phenoxy) is 1. The predicted octanol–water partition coefficient (Wildman–Crippen LogP) is 4.69. The van der Waals surface area contributed by atoms with Crippen molar-refractivity contribution in [2.75, 3.05) is 18.2 Å². The Morgan fingerprint density at radius 1 is 1.38 bits per heavy atom. The van der Waals surface area contributed by atoms with Crippen molar-refractivity contribution in [2.24, 2.45) is 0 Å². The second-order valence-electron chi connectivity index (χ2n) is 5.79. The van der Waals surface area contributed by atoms with Crippen LogP contribution in [0, 0.1) is 5.82 Å². The molecule has 1 amide bonds. The minimum absolute atomic E-state index is 0.133. The van der Waals surface area contributed by atoms with E-state index < -0.39 is 5.97 Å². The first-order chi connectivity index (χ1) is 12.5. The topological polar surface area (TPSA) is 55.4 Å². The van der Waals surface area contributed by atoms with Gasteiger partial charge in [-0.1, -0.05) is 17.7 Å². The normalized spacial score (nSPS) is 12.7. The smallest absolute Gasteiger partial charge is 0.341 e. The highest BCUT2D eigenvalue weighted by atomic mass is 35.5. The van der Waals surface area contributed by atoms with Crippen LogP contribution in [0.15, 0.2) is 18.2 Å². The van der Waals surface area contributed by atoms with Gasteiger partial charge in [0.25, 0.3) is 0 Å². The number of thioether (sulfide) groups is 1. The second kappa shape index (κ2) is 8.41. The van der Waals surface area contributed by atoms with Crippen molar-refractivity contribution in [1.82, 2.24) is 0 Å². The number of benzene rings is 1. The van der Waals surface area contributed by atoms with Gasteiger partial charge in [-0.2, -0.15) is 0 Å². The highest BCUT2D eigenvalue weighted by Crippen LogP contribution is 2.39. The molecule has 8 heteroatoms. The zero-order valence-corrected chi connectivity index (χ0v) is 16.5. The van der Waals surface area contributed by atoms with E-state index in [9.17, 15) is 14.0 Å². The molecule has 0 aliphatic heterocycles. The van der Waals surface area contributed by atoms with E-state index in [1.54, 1.807) is 12.1 Å². The molecule has 4 nitrogen and oxygen atoms in total. The number of hydrogen-bond acceptors (Lipinski definition) is 5. The van der Waals surface area contributed by atoms with E-state index >= 15 is 0 Å². The third-order valence-electron chi connectivity index (χ3n) is 4.11. The third kappa shape index (κ3) is 4.05. The van der Waals surface area contributed by atoms with Crippen LogP contribution in [0.25, 0.3) is 0 Å². The van der Waals surface area contributed by atoms with Gasteiger partial charge in [0.05, 0.1) is 18.4 Å². The summed E-state index contributed by atoms with van der Waals surface area (Å²) in [5.41, 5.74) is 1.85. The van der Waals surface area contributed by atoms with E-state index in [0.717, 1.165) is 29.7 Å². The summed E-state index contributed by atoms with van der Waals surface area (Å²) < 4.78 is 18.6. The third-order valence-corrected chi connectivity index (χ3v) is 6.63. The van der Waals surface area contributed by atoms with Gasteiger partial charge in [0, 0.05) is 21.2 Å². The number of thiophene rings is 1. The number of fused-ring (bicyclic) bond motifs is 1. The van der Waals surface area contributed by atoms with Gasteiger partial charge in [-0.3, -0.25) is 4.79 Å². The van der Waals surface area contributed by atoms with Gasteiger partial charge in [0.15, 0.2) is 0 Å². The van der Waals surface area contributed by atoms with Crippen LogP contribution in [0.3, 0.4) is 0 Å². The van der Waals surface area contributed by atoms with Crippen LogP contribution in [-0.4, -0.2) is 24.7 Å². The molecule has 1 heterocycles. The molecule has 0 radical (unpaired) electrons. The molecule has 1 N–H and O–H groups in total. The molecular formula is C18H17ClFNO3S2. The molecule has 1 aromatic heterocycles. The summed E-state index contributed by atoms with van der Waals surface area (Å²) >= 11 is 8.68. The molecular weight excluding hydrogens is 397 g/mol. The monoisotopic (exact) mass is 413 g/mol. The number of nitrogens with one attached hydrogen (secondary N) is 1. The molecule has 1 aliphatic rings. The molecule has 3 rings (SSSR count). The fraction of sp³-hybridized carbons (Fsp3) is 0.333. The van der Waals surface area contributed by atoms with Crippen molar-refractivity contribution in [3.05, 3.63) is 50.6 Å². The maximum absolute atomic E-state index is 13.7. The quantitative estimate of drug-likeness (QED) is 0.698. The lowest BCUT2D eigenvalue weighted by molar-refractivity contribution is -0.113. The van der Waals surface area contributed by atoms with Crippen LogP contribution < -0.4 is 5.32 Å². The Morgan fingerprint density at radius 2 is 2.19 bits per heavy atom. The summed E-state index contributed by atoms with van der Waals surface area (Å²) in [5, 5.41) is 3.69. The number of esters is 1.